The first-order valence-corrected chi connectivity index (χ1v) is 6.12. The topological polar surface area (TPSA) is 49.3 Å². The number of hydrogen-bond acceptors (Lipinski definition) is 2. The predicted octanol–water partition coefficient (Wildman–Crippen LogP) is 3.36. The van der Waals surface area contributed by atoms with Crippen LogP contribution in [-0.2, 0) is 0 Å². The Kier molecular flexibility index (Phi) is 3.97. The summed E-state index contributed by atoms with van der Waals surface area (Å²) < 4.78 is 40.8. The van der Waals surface area contributed by atoms with E-state index in [0.717, 1.165) is 25.0 Å². The minimum absolute atomic E-state index is 0.197. The minimum atomic E-state index is -1.54. The highest BCUT2D eigenvalue weighted by molar-refractivity contribution is 5.88. The standard InChI is InChI=1S/C13H14F3NO2/c14-8-3-1-2-4-9(8)17-10-6-5-7(13(18)19)11(15)12(10)16/h5-6,8-9,17H,1-4H2,(H,18,19). The van der Waals surface area contributed by atoms with Gasteiger partial charge in [-0.25, -0.2) is 18.0 Å². The Morgan fingerprint density at radius 3 is 2.53 bits per heavy atom. The molecule has 0 heterocycles. The van der Waals surface area contributed by atoms with Crippen LogP contribution in [0.3, 0.4) is 0 Å². The maximum Gasteiger partial charge on any atom is 0.338 e. The number of hydrogen-bond donors (Lipinski definition) is 2. The lowest BCUT2D eigenvalue weighted by molar-refractivity contribution is 0.0690. The molecule has 0 saturated heterocycles. The minimum Gasteiger partial charge on any atom is -0.478 e. The molecule has 0 aliphatic heterocycles. The molecule has 0 radical (unpaired) electrons. The molecule has 2 rings (SSSR count). The second kappa shape index (κ2) is 5.50. The largest absolute Gasteiger partial charge is 0.478 e. The number of alkyl halides is 1. The number of benzene rings is 1. The van der Waals surface area contributed by atoms with Gasteiger partial charge in [-0.05, 0) is 25.0 Å². The van der Waals surface area contributed by atoms with Gasteiger partial charge in [-0.1, -0.05) is 12.8 Å². The molecule has 0 amide bonds. The van der Waals surface area contributed by atoms with E-state index in [4.69, 9.17) is 5.11 Å². The fourth-order valence-corrected chi connectivity index (χ4v) is 2.27. The van der Waals surface area contributed by atoms with Crippen LogP contribution in [0, 0.1) is 11.6 Å². The first kappa shape index (κ1) is 13.7. The van der Waals surface area contributed by atoms with Crippen molar-refractivity contribution >= 4 is 11.7 Å². The van der Waals surface area contributed by atoms with Crippen LogP contribution in [0.2, 0.25) is 0 Å². The van der Waals surface area contributed by atoms with Gasteiger partial charge in [0.15, 0.2) is 11.6 Å². The van der Waals surface area contributed by atoms with Crippen LogP contribution in [0.25, 0.3) is 0 Å². The summed E-state index contributed by atoms with van der Waals surface area (Å²) in [6, 6.07) is 1.54. The van der Waals surface area contributed by atoms with Gasteiger partial charge in [-0.2, -0.15) is 0 Å². The zero-order valence-corrected chi connectivity index (χ0v) is 10.1. The third kappa shape index (κ3) is 2.83. The van der Waals surface area contributed by atoms with Crippen LogP contribution < -0.4 is 5.32 Å². The van der Waals surface area contributed by atoms with Gasteiger partial charge in [0.2, 0.25) is 0 Å². The number of nitrogens with one attached hydrogen (secondary N) is 1. The zero-order chi connectivity index (χ0) is 14.0. The lowest BCUT2D eigenvalue weighted by atomic mass is 9.93. The lowest BCUT2D eigenvalue weighted by Gasteiger charge is -2.27. The van der Waals surface area contributed by atoms with E-state index in [2.05, 4.69) is 5.32 Å². The Bertz CT molecular complexity index is 493. The molecule has 1 aliphatic carbocycles. The molecule has 1 aromatic carbocycles. The molecule has 3 nitrogen and oxygen atoms in total. The van der Waals surface area contributed by atoms with Gasteiger partial charge in [-0.3, -0.25) is 0 Å². The van der Waals surface area contributed by atoms with Gasteiger partial charge in [0.1, 0.15) is 6.17 Å². The van der Waals surface area contributed by atoms with Crippen molar-refractivity contribution in [3.8, 4) is 0 Å². The van der Waals surface area contributed by atoms with Gasteiger partial charge in [0, 0.05) is 0 Å². The van der Waals surface area contributed by atoms with E-state index in [1.54, 1.807) is 0 Å². The Labute approximate surface area is 108 Å². The van der Waals surface area contributed by atoms with E-state index in [1.165, 1.54) is 0 Å². The van der Waals surface area contributed by atoms with Crippen molar-refractivity contribution in [3.05, 3.63) is 29.3 Å². The molecule has 104 valence electrons. The summed E-state index contributed by atoms with van der Waals surface area (Å²) in [7, 11) is 0. The number of aromatic carboxylic acids is 1. The summed E-state index contributed by atoms with van der Waals surface area (Å²) in [5.41, 5.74) is -0.930. The molecule has 2 atom stereocenters. The molecule has 1 saturated carbocycles. The van der Waals surface area contributed by atoms with E-state index in [0.29, 0.717) is 12.8 Å². The third-order valence-corrected chi connectivity index (χ3v) is 3.34. The maximum atomic E-state index is 13.7. The van der Waals surface area contributed by atoms with Gasteiger partial charge in [0.05, 0.1) is 17.3 Å². The van der Waals surface area contributed by atoms with Crippen molar-refractivity contribution in [2.45, 2.75) is 37.9 Å². The summed E-state index contributed by atoms with van der Waals surface area (Å²) in [5, 5.41) is 11.3. The van der Waals surface area contributed by atoms with Crippen LogP contribution in [0.5, 0.6) is 0 Å². The SMILES string of the molecule is O=C(O)c1ccc(NC2CCCCC2F)c(F)c1F. The van der Waals surface area contributed by atoms with Crippen LogP contribution in [0.4, 0.5) is 18.9 Å². The summed E-state index contributed by atoms with van der Waals surface area (Å²) >= 11 is 0. The summed E-state index contributed by atoms with van der Waals surface area (Å²) in [5.74, 6) is -4.25. The van der Waals surface area contributed by atoms with E-state index < -0.39 is 35.4 Å². The fourth-order valence-electron chi connectivity index (χ4n) is 2.27. The first-order valence-electron chi connectivity index (χ1n) is 6.12. The van der Waals surface area contributed by atoms with E-state index in [1.807, 2.05) is 0 Å². The van der Waals surface area contributed by atoms with Gasteiger partial charge in [0.25, 0.3) is 0 Å². The second-order valence-electron chi connectivity index (χ2n) is 4.65. The number of rotatable bonds is 3. The van der Waals surface area contributed by atoms with Crippen molar-refractivity contribution in [2.24, 2.45) is 0 Å². The molecule has 0 aromatic heterocycles. The summed E-state index contributed by atoms with van der Waals surface area (Å²) in [4.78, 5) is 10.6. The quantitative estimate of drug-likeness (QED) is 0.887. The number of carbonyl (C=O) groups is 1. The van der Waals surface area contributed by atoms with Crippen molar-refractivity contribution in [2.75, 3.05) is 5.32 Å². The summed E-state index contributed by atoms with van der Waals surface area (Å²) in [6.07, 6.45) is 1.46. The lowest BCUT2D eigenvalue weighted by Crippen LogP contribution is -2.34. The Balaban J connectivity index is 2.21. The van der Waals surface area contributed by atoms with E-state index in [-0.39, 0.29) is 5.69 Å². The normalized spacial score (nSPS) is 23.1. The molecule has 6 heteroatoms. The molecule has 1 aromatic rings. The van der Waals surface area contributed by atoms with E-state index in [9.17, 15) is 18.0 Å². The molecule has 0 spiro atoms. The Morgan fingerprint density at radius 2 is 1.89 bits per heavy atom. The predicted molar refractivity (Wildman–Crippen MR) is 64.1 cm³/mol. The highest BCUT2D eigenvalue weighted by Gasteiger charge is 2.26. The molecular formula is C13H14F3NO2. The number of carboxylic acids is 1. The highest BCUT2D eigenvalue weighted by Crippen LogP contribution is 2.27. The van der Waals surface area contributed by atoms with Crippen molar-refractivity contribution in [3.63, 3.8) is 0 Å². The average Bonchev–Trinajstić information content (AvgIpc) is 2.37. The molecule has 0 bridgehead atoms. The van der Waals surface area contributed by atoms with Gasteiger partial charge >= 0.3 is 5.97 Å². The van der Waals surface area contributed by atoms with Crippen molar-refractivity contribution < 1.29 is 23.1 Å². The molecule has 1 fully saturated rings. The first-order chi connectivity index (χ1) is 9.00. The number of halogens is 3. The number of anilines is 1. The van der Waals surface area contributed by atoms with Crippen LogP contribution >= 0.6 is 0 Å². The third-order valence-electron chi connectivity index (χ3n) is 3.34. The molecule has 2 N–H and O–H groups in total. The Morgan fingerprint density at radius 1 is 1.21 bits per heavy atom. The van der Waals surface area contributed by atoms with Crippen LogP contribution in [-0.4, -0.2) is 23.3 Å². The van der Waals surface area contributed by atoms with Crippen LogP contribution in [0.1, 0.15) is 36.0 Å². The van der Waals surface area contributed by atoms with Crippen LogP contribution in [0.15, 0.2) is 12.1 Å². The summed E-state index contributed by atoms with van der Waals surface area (Å²) in [6.45, 7) is 0. The molecular weight excluding hydrogens is 259 g/mol. The van der Waals surface area contributed by atoms with Gasteiger partial charge < -0.3 is 10.4 Å². The maximum absolute atomic E-state index is 13.7. The molecule has 1 aliphatic rings. The van der Waals surface area contributed by atoms with E-state index >= 15 is 0 Å². The second-order valence-corrected chi connectivity index (χ2v) is 4.65. The zero-order valence-electron chi connectivity index (χ0n) is 10.1. The smallest absolute Gasteiger partial charge is 0.338 e. The monoisotopic (exact) mass is 273 g/mol. The van der Waals surface area contributed by atoms with Crippen molar-refractivity contribution in [1.82, 2.24) is 0 Å². The number of carboxylic acid groups (broad SMARTS) is 1. The van der Waals surface area contributed by atoms with Gasteiger partial charge in [-0.15, -0.1) is 0 Å². The fraction of sp³-hybridized carbons (Fsp3) is 0.462. The molecule has 2 unspecified atom stereocenters. The highest BCUT2D eigenvalue weighted by atomic mass is 19.2. The van der Waals surface area contributed by atoms with Crippen molar-refractivity contribution in [1.29, 1.82) is 0 Å². The molecule has 19 heavy (non-hydrogen) atoms. The Hall–Kier alpha value is -1.72. The average molecular weight is 273 g/mol.